The Morgan fingerprint density at radius 2 is 1.86 bits per heavy atom. The van der Waals surface area contributed by atoms with Crippen molar-refractivity contribution in [1.82, 2.24) is 14.9 Å². The summed E-state index contributed by atoms with van der Waals surface area (Å²) in [7, 11) is 1.63. The van der Waals surface area contributed by atoms with Crippen molar-refractivity contribution in [2.45, 2.75) is 50.4 Å². The van der Waals surface area contributed by atoms with Crippen molar-refractivity contribution in [2.24, 2.45) is 0 Å². The SMILES string of the molecule is COc1ccc(CNC(=O)CCSc2nc3sc4c(c3c(=O)n2Cc2ccccc2)CCCC4)cc1. The number of nitrogens with zero attached hydrogens (tertiary/aromatic N) is 2. The van der Waals surface area contributed by atoms with Gasteiger partial charge in [0.25, 0.3) is 5.56 Å². The van der Waals surface area contributed by atoms with Crippen LogP contribution in [0.15, 0.2) is 64.5 Å². The molecule has 186 valence electrons. The van der Waals surface area contributed by atoms with Crippen LogP contribution in [0.2, 0.25) is 0 Å². The molecule has 2 aromatic carbocycles. The van der Waals surface area contributed by atoms with E-state index < -0.39 is 0 Å². The highest BCUT2D eigenvalue weighted by Gasteiger charge is 2.22. The number of nitrogens with one attached hydrogen (secondary N) is 1. The van der Waals surface area contributed by atoms with E-state index in [2.05, 4.69) is 5.32 Å². The van der Waals surface area contributed by atoms with Crippen LogP contribution in [-0.4, -0.2) is 28.3 Å². The van der Waals surface area contributed by atoms with Gasteiger partial charge < -0.3 is 10.1 Å². The van der Waals surface area contributed by atoms with Gasteiger partial charge in [-0.15, -0.1) is 11.3 Å². The minimum Gasteiger partial charge on any atom is -0.497 e. The summed E-state index contributed by atoms with van der Waals surface area (Å²) < 4.78 is 6.97. The highest BCUT2D eigenvalue weighted by atomic mass is 32.2. The first-order valence-corrected chi connectivity index (χ1v) is 14.0. The average Bonchev–Trinajstić information content (AvgIpc) is 3.29. The number of rotatable bonds is 9. The lowest BCUT2D eigenvalue weighted by atomic mass is 9.97. The lowest BCUT2D eigenvalue weighted by Crippen LogP contribution is -2.25. The monoisotopic (exact) mass is 519 g/mol. The van der Waals surface area contributed by atoms with E-state index >= 15 is 0 Å². The van der Waals surface area contributed by atoms with E-state index in [1.165, 1.54) is 28.6 Å². The summed E-state index contributed by atoms with van der Waals surface area (Å²) in [6.45, 7) is 0.941. The number of amides is 1. The van der Waals surface area contributed by atoms with Gasteiger partial charge >= 0.3 is 0 Å². The van der Waals surface area contributed by atoms with Gasteiger partial charge in [0.15, 0.2) is 5.16 Å². The first kappa shape index (κ1) is 24.6. The molecule has 2 aromatic heterocycles. The number of benzene rings is 2. The van der Waals surface area contributed by atoms with Gasteiger partial charge in [-0.3, -0.25) is 14.2 Å². The molecule has 36 heavy (non-hydrogen) atoms. The van der Waals surface area contributed by atoms with Crippen LogP contribution in [0.3, 0.4) is 0 Å². The number of ether oxygens (including phenoxy) is 1. The van der Waals surface area contributed by atoms with E-state index in [-0.39, 0.29) is 11.5 Å². The van der Waals surface area contributed by atoms with E-state index in [1.807, 2.05) is 54.6 Å². The minimum absolute atomic E-state index is 0.0251. The molecule has 8 heteroatoms. The molecule has 0 radical (unpaired) electrons. The Hall–Kier alpha value is -3.10. The maximum atomic E-state index is 13.7. The molecule has 1 aliphatic rings. The maximum Gasteiger partial charge on any atom is 0.263 e. The van der Waals surface area contributed by atoms with Gasteiger partial charge in [0.2, 0.25) is 5.91 Å². The third-order valence-electron chi connectivity index (χ3n) is 6.43. The normalized spacial score (nSPS) is 12.9. The number of methoxy groups -OCH3 is 1. The predicted octanol–water partition coefficient (Wildman–Crippen LogP) is 5.19. The number of thioether (sulfide) groups is 1. The Bertz CT molecular complexity index is 1410. The van der Waals surface area contributed by atoms with Crippen molar-refractivity contribution in [3.05, 3.63) is 86.5 Å². The fourth-order valence-corrected chi connectivity index (χ4v) is 6.74. The summed E-state index contributed by atoms with van der Waals surface area (Å²) in [4.78, 5) is 33.3. The summed E-state index contributed by atoms with van der Waals surface area (Å²) >= 11 is 3.14. The standard InChI is InChI=1S/C28H29N3O3S2/c1-34-21-13-11-19(12-14-21)17-29-24(32)15-16-35-28-30-26-25(22-9-5-6-10-23(22)36-26)27(33)31(28)18-20-7-3-2-4-8-20/h2-4,7-8,11-14H,5-6,9-10,15-18H2,1H3,(H,29,32). The Morgan fingerprint density at radius 1 is 1.08 bits per heavy atom. The molecule has 0 atom stereocenters. The van der Waals surface area contributed by atoms with E-state index in [1.54, 1.807) is 23.0 Å². The van der Waals surface area contributed by atoms with E-state index in [0.717, 1.165) is 46.4 Å². The van der Waals surface area contributed by atoms with Crippen molar-refractivity contribution < 1.29 is 9.53 Å². The Kier molecular flexibility index (Phi) is 7.72. The molecule has 0 bridgehead atoms. The molecule has 0 fully saturated rings. The van der Waals surface area contributed by atoms with E-state index in [0.29, 0.717) is 30.4 Å². The molecule has 1 aliphatic carbocycles. The van der Waals surface area contributed by atoms with Crippen molar-refractivity contribution in [3.63, 3.8) is 0 Å². The number of hydrogen-bond donors (Lipinski definition) is 1. The van der Waals surface area contributed by atoms with Crippen molar-refractivity contribution in [3.8, 4) is 5.75 Å². The molecule has 0 unspecified atom stereocenters. The molecule has 1 N–H and O–H groups in total. The van der Waals surface area contributed by atoms with Gasteiger partial charge in [0, 0.05) is 23.6 Å². The predicted molar refractivity (Wildman–Crippen MR) is 146 cm³/mol. The molecule has 0 spiro atoms. The van der Waals surface area contributed by atoms with Gasteiger partial charge in [-0.1, -0.05) is 54.2 Å². The zero-order chi connectivity index (χ0) is 24.9. The zero-order valence-electron chi connectivity index (χ0n) is 20.3. The molecule has 1 amide bonds. The highest BCUT2D eigenvalue weighted by Crippen LogP contribution is 2.35. The van der Waals surface area contributed by atoms with Crippen LogP contribution >= 0.6 is 23.1 Å². The molecule has 0 saturated carbocycles. The number of hydrogen-bond acceptors (Lipinski definition) is 6. The van der Waals surface area contributed by atoms with Crippen molar-refractivity contribution in [2.75, 3.05) is 12.9 Å². The second-order valence-corrected chi connectivity index (χ2v) is 11.0. The largest absolute Gasteiger partial charge is 0.497 e. The topological polar surface area (TPSA) is 73.2 Å². The van der Waals surface area contributed by atoms with Gasteiger partial charge in [-0.25, -0.2) is 4.98 Å². The quantitative estimate of drug-likeness (QED) is 0.243. The fourth-order valence-electron chi connectivity index (χ4n) is 4.50. The van der Waals surface area contributed by atoms with Crippen LogP contribution < -0.4 is 15.6 Å². The third kappa shape index (κ3) is 5.50. The number of thiophene rings is 1. The van der Waals surface area contributed by atoms with Crippen LogP contribution in [0.25, 0.3) is 10.2 Å². The van der Waals surface area contributed by atoms with Gasteiger partial charge in [0.05, 0.1) is 19.0 Å². The number of carbonyl (C=O) groups is 1. The molecule has 5 rings (SSSR count). The summed E-state index contributed by atoms with van der Waals surface area (Å²) in [6.07, 6.45) is 4.63. The van der Waals surface area contributed by atoms with Crippen LogP contribution in [-0.2, 0) is 30.7 Å². The Morgan fingerprint density at radius 3 is 2.64 bits per heavy atom. The minimum atomic E-state index is -0.0251. The average molecular weight is 520 g/mol. The fraction of sp³-hybridized carbons (Fsp3) is 0.321. The smallest absolute Gasteiger partial charge is 0.263 e. The van der Waals surface area contributed by atoms with Crippen molar-refractivity contribution >= 4 is 39.2 Å². The Labute approximate surface area is 218 Å². The first-order chi connectivity index (χ1) is 17.6. The molecular weight excluding hydrogens is 490 g/mol. The molecule has 0 saturated heterocycles. The second kappa shape index (κ2) is 11.3. The molecule has 0 aliphatic heterocycles. The number of aromatic nitrogens is 2. The maximum absolute atomic E-state index is 13.7. The number of carbonyl (C=O) groups excluding carboxylic acids is 1. The highest BCUT2D eigenvalue weighted by molar-refractivity contribution is 7.99. The second-order valence-electron chi connectivity index (χ2n) is 8.89. The summed E-state index contributed by atoms with van der Waals surface area (Å²) in [5, 5.41) is 4.45. The van der Waals surface area contributed by atoms with E-state index in [9.17, 15) is 9.59 Å². The molecular formula is C28H29N3O3S2. The van der Waals surface area contributed by atoms with Gasteiger partial charge in [0.1, 0.15) is 10.6 Å². The van der Waals surface area contributed by atoms with Crippen LogP contribution in [0, 0.1) is 0 Å². The Balaban J connectivity index is 1.31. The zero-order valence-corrected chi connectivity index (χ0v) is 21.9. The van der Waals surface area contributed by atoms with E-state index in [4.69, 9.17) is 9.72 Å². The molecule has 2 heterocycles. The third-order valence-corrected chi connectivity index (χ3v) is 8.60. The molecule has 6 nitrogen and oxygen atoms in total. The number of aryl methyl sites for hydroxylation is 2. The van der Waals surface area contributed by atoms with Crippen LogP contribution in [0.4, 0.5) is 0 Å². The first-order valence-electron chi connectivity index (χ1n) is 12.2. The summed E-state index contributed by atoms with van der Waals surface area (Å²) in [5.74, 6) is 1.31. The van der Waals surface area contributed by atoms with Crippen molar-refractivity contribution in [1.29, 1.82) is 0 Å². The van der Waals surface area contributed by atoms with Crippen LogP contribution in [0.5, 0.6) is 5.75 Å². The lowest BCUT2D eigenvalue weighted by Gasteiger charge is -2.14. The lowest BCUT2D eigenvalue weighted by molar-refractivity contribution is -0.120. The summed E-state index contributed by atoms with van der Waals surface area (Å²) in [5.41, 5.74) is 3.32. The summed E-state index contributed by atoms with van der Waals surface area (Å²) in [6, 6.07) is 17.6. The van der Waals surface area contributed by atoms with Gasteiger partial charge in [-0.05, 0) is 54.5 Å². The van der Waals surface area contributed by atoms with Crippen LogP contribution in [0.1, 0.15) is 40.8 Å². The molecule has 4 aromatic rings. The van der Waals surface area contributed by atoms with Gasteiger partial charge in [-0.2, -0.15) is 0 Å². The number of fused-ring (bicyclic) bond motifs is 3.